The molecule has 1 unspecified atom stereocenters. The predicted octanol–water partition coefficient (Wildman–Crippen LogP) is 2.45. The lowest BCUT2D eigenvalue weighted by molar-refractivity contribution is 0.119. The summed E-state index contributed by atoms with van der Waals surface area (Å²) in [5.74, 6) is 0. The maximum atomic E-state index is 9.55. The molecule has 0 aliphatic carbocycles. The summed E-state index contributed by atoms with van der Waals surface area (Å²) in [6.07, 6.45) is 1.70. The van der Waals surface area contributed by atoms with Crippen LogP contribution in [0, 0.1) is 0 Å². The van der Waals surface area contributed by atoms with E-state index >= 15 is 0 Å². The Morgan fingerprint density at radius 3 is 2.19 bits per heavy atom. The van der Waals surface area contributed by atoms with Gasteiger partial charge < -0.3 is 5.11 Å². The molecular formula is C14H23NO. The number of aliphatic hydroxyl groups excluding tert-OH is 1. The zero-order valence-electron chi connectivity index (χ0n) is 10.6. The number of nitrogens with zero attached hydrogens (tertiary/aromatic N) is 1. The van der Waals surface area contributed by atoms with E-state index in [9.17, 15) is 5.11 Å². The van der Waals surface area contributed by atoms with Gasteiger partial charge in [-0.15, -0.1) is 0 Å². The van der Waals surface area contributed by atoms with Gasteiger partial charge in [-0.05, 0) is 31.0 Å². The van der Waals surface area contributed by atoms with Crippen LogP contribution in [0.3, 0.4) is 0 Å². The molecule has 0 saturated carbocycles. The van der Waals surface area contributed by atoms with Crippen molar-refractivity contribution in [2.75, 3.05) is 13.6 Å². The fourth-order valence-corrected chi connectivity index (χ4v) is 1.75. The molecule has 0 aliphatic rings. The van der Waals surface area contributed by atoms with E-state index in [1.165, 1.54) is 11.1 Å². The van der Waals surface area contributed by atoms with Gasteiger partial charge in [0.05, 0.1) is 6.10 Å². The van der Waals surface area contributed by atoms with E-state index in [4.69, 9.17) is 0 Å². The molecule has 0 saturated heterocycles. The number of rotatable bonds is 6. The summed E-state index contributed by atoms with van der Waals surface area (Å²) in [5.41, 5.74) is 2.68. The summed E-state index contributed by atoms with van der Waals surface area (Å²) < 4.78 is 0. The van der Waals surface area contributed by atoms with Crippen LogP contribution >= 0.6 is 0 Å². The molecule has 1 atom stereocenters. The van der Waals surface area contributed by atoms with E-state index < -0.39 is 0 Å². The van der Waals surface area contributed by atoms with Crippen molar-refractivity contribution in [2.24, 2.45) is 0 Å². The molecule has 0 amide bonds. The number of benzene rings is 1. The molecule has 90 valence electrons. The Kier molecular flexibility index (Phi) is 5.50. The minimum atomic E-state index is -0.208. The molecular weight excluding hydrogens is 198 g/mol. The Morgan fingerprint density at radius 1 is 1.12 bits per heavy atom. The molecule has 1 N–H and O–H groups in total. The summed E-state index contributed by atoms with van der Waals surface area (Å²) in [5, 5.41) is 9.55. The Labute approximate surface area is 98.9 Å². The van der Waals surface area contributed by atoms with Crippen LogP contribution in [0.1, 0.15) is 31.4 Å². The first-order valence-corrected chi connectivity index (χ1v) is 6.10. The molecule has 1 aromatic rings. The normalized spacial score (nSPS) is 13.1. The van der Waals surface area contributed by atoms with Gasteiger partial charge in [-0.1, -0.05) is 38.1 Å². The number of likely N-dealkylation sites (N-methyl/N-ethyl adjacent to an activating group) is 1. The maximum Gasteiger partial charge on any atom is 0.0664 e. The van der Waals surface area contributed by atoms with E-state index in [-0.39, 0.29) is 6.10 Å². The molecule has 0 aromatic heterocycles. The summed E-state index contributed by atoms with van der Waals surface area (Å²) in [6, 6.07) is 8.71. The van der Waals surface area contributed by atoms with Crippen molar-refractivity contribution in [1.29, 1.82) is 0 Å². The minimum Gasteiger partial charge on any atom is -0.392 e. The second-order valence-electron chi connectivity index (χ2n) is 4.43. The van der Waals surface area contributed by atoms with Gasteiger partial charge in [0.25, 0.3) is 0 Å². The van der Waals surface area contributed by atoms with E-state index in [0.29, 0.717) is 0 Å². The first kappa shape index (κ1) is 13.2. The topological polar surface area (TPSA) is 23.5 Å². The summed E-state index contributed by atoms with van der Waals surface area (Å²) in [4.78, 5) is 2.16. The highest BCUT2D eigenvalue weighted by molar-refractivity contribution is 5.22. The molecule has 0 bridgehead atoms. The molecule has 0 aliphatic heterocycles. The van der Waals surface area contributed by atoms with Crippen molar-refractivity contribution in [3.05, 3.63) is 35.4 Å². The van der Waals surface area contributed by atoms with Crippen LogP contribution < -0.4 is 0 Å². The van der Waals surface area contributed by atoms with Crippen LogP contribution in [0.15, 0.2) is 24.3 Å². The van der Waals surface area contributed by atoms with E-state index in [0.717, 1.165) is 25.9 Å². The second-order valence-corrected chi connectivity index (χ2v) is 4.43. The van der Waals surface area contributed by atoms with Gasteiger partial charge in [-0.2, -0.15) is 0 Å². The van der Waals surface area contributed by atoms with Gasteiger partial charge >= 0.3 is 0 Å². The maximum absolute atomic E-state index is 9.55. The van der Waals surface area contributed by atoms with Crippen LogP contribution in [0.4, 0.5) is 0 Å². The predicted molar refractivity (Wildman–Crippen MR) is 68.5 cm³/mol. The van der Waals surface area contributed by atoms with Gasteiger partial charge in [0.15, 0.2) is 0 Å². The molecule has 0 spiro atoms. The lowest BCUT2D eigenvalue weighted by Crippen LogP contribution is -2.28. The molecule has 16 heavy (non-hydrogen) atoms. The molecule has 1 aromatic carbocycles. The minimum absolute atomic E-state index is 0.208. The highest BCUT2D eigenvalue weighted by atomic mass is 16.3. The van der Waals surface area contributed by atoms with Crippen LogP contribution in [0.2, 0.25) is 0 Å². The van der Waals surface area contributed by atoms with Crippen molar-refractivity contribution >= 4 is 0 Å². The fraction of sp³-hybridized carbons (Fsp3) is 0.571. The summed E-state index contributed by atoms with van der Waals surface area (Å²) in [7, 11) is 2.05. The zero-order valence-corrected chi connectivity index (χ0v) is 10.6. The van der Waals surface area contributed by atoms with Crippen LogP contribution in [0.5, 0.6) is 0 Å². The molecule has 1 rings (SSSR count). The first-order chi connectivity index (χ1) is 7.65. The average molecular weight is 221 g/mol. The van der Waals surface area contributed by atoms with E-state index in [1.807, 2.05) is 14.0 Å². The first-order valence-electron chi connectivity index (χ1n) is 6.10. The third-order valence-corrected chi connectivity index (χ3v) is 2.88. The van der Waals surface area contributed by atoms with Gasteiger partial charge in [0.1, 0.15) is 0 Å². The third kappa shape index (κ3) is 4.33. The standard InChI is InChI=1S/C14H23NO/c1-4-12-6-8-13(9-7-12)10-15(3)11-14(16)5-2/h6-9,14,16H,4-5,10-11H2,1-3H3. The highest BCUT2D eigenvalue weighted by Crippen LogP contribution is 2.07. The van der Waals surface area contributed by atoms with E-state index in [1.54, 1.807) is 0 Å². The third-order valence-electron chi connectivity index (χ3n) is 2.88. The molecule has 0 radical (unpaired) electrons. The van der Waals surface area contributed by atoms with E-state index in [2.05, 4.69) is 36.1 Å². The summed E-state index contributed by atoms with van der Waals surface area (Å²) >= 11 is 0. The van der Waals surface area contributed by atoms with Crippen LogP contribution in [-0.2, 0) is 13.0 Å². The van der Waals surface area contributed by atoms with Gasteiger partial charge in [0, 0.05) is 13.1 Å². The summed E-state index contributed by atoms with van der Waals surface area (Å²) in [6.45, 7) is 5.82. The number of hydrogen-bond donors (Lipinski definition) is 1. The van der Waals surface area contributed by atoms with Gasteiger partial charge in [-0.3, -0.25) is 4.90 Å². The lowest BCUT2D eigenvalue weighted by Gasteiger charge is -2.19. The quantitative estimate of drug-likeness (QED) is 0.797. The number of hydrogen-bond acceptors (Lipinski definition) is 2. The monoisotopic (exact) mass is 221 g/mol. The van der Waals surface area contributed by atoms with Gasteiger partial charge in [0.2, 0.25) is 0 Å². The molecule has 2 heteroatoms. The van der Waals surface area contributed by atoms with Gasteiger partial charge in [-0.25, -0.2) is 0 Å². The molecule has 0 fully saturated rings. The zero-order chi connectivity index (χ0) is 12.0. The molecule has 2 nitrogen and oxygen atoms in total. The number of aliphatic hydroxyl groups is 1. The smallest absolute Gasteiger partial charge is 0.0664 e. The fourth-order valence-electron chi connectivity index (χ4n) is 1.75. The Morgan fingerprint density at radius 2 is 1.69 bits per heavy atom. The Bertz CT molecular complexity index is 294. The van der Waals surface area contributed by atoms with Crippen molar-refractivity contribution < 1.29 is 5.11 Å². The van der Waals surface area contributed by atoms with Crippen molar-refractivity contribution in [3.63, 3.8) is 0 Å². The average Bonchev–Trinajstić information content (AvgIpc) is 2.29. The van der Waals surface area contributed by atoms with Crippen LogP contribution in [0.25, 0.3) is 0 Å². The number of aryl methyl sites for hydroxylation is 1. The SMILES string of the molecule is CCc1ccc(CN(C)CC(O)CC)cc1. The van der Waals surface area contributed by atoms with Crippen LogP contribution in [-0.4, -0.2) is 29.7 Å². The lowest BCUT2D eigenvalue weighted by atomic mass is 10.1. The van der Waals surface area contributed by atoms with Crippen molar-refractivity contribution in [1.82, 2.24) is 4.90 Å². The Balaban J connectivity index is 2.46. The Hall–Kier alpha value is -0.860. The largest absolute Gasteiger partial charge is 0.392 e. The highest BCUT2D eigenvalue weighted by Gasteiger charge is 2.06. The van der Waals surface area contributed by atoms with Crippen molar-refractivity contribution in [2.45, 2.75) is 39.3 Å². The second kappa shape index (κ2) is 6.66. The molecule has 0 heterocycles. The van der Waals surface area contributed by atoms with Crippen molar-refractivity contribution in [3.8, 4) is 0 Å².